The standard InChI is InChI=1S/C30H35FN2O3/c1-2-33(29-21-27(35)14-11-25(29)10-6-23-7-12-26(34)13-8-23)22-24-9-15-30(28(31)20-24)36-19-18-32-16-4-3-5-17-32/h6-15,20-21,34-35H,2-5,16-19,22H2,1H3. The van der Waals surface area contributed by atoms with Crippen LogP contribution in [-0.4, -0.2) is 47.9 Å². The summed E-state index contributed by atoms with van der Waals surface area (Å²) in [4.78, 5) is 4.47. The Morgan fingerprint density at radius 1 is 0.917 bits per heavy atom. The van der Waals surface area contributed by atoms with Gasteiger partial charge in [0.15, 0.2) is 11.6 Å². The molecule has 6 heteroatoms. The molecule has 1 aliphatic heterocycles. The summed E-state index contributed by atoms with van der Waals surface area (Å²) >= 11 is 0. The Bertz CT molecular complexity index is 1160. The van der Waals surface area contributed by atoms with Crippen LogP contribution in [0.4, 0.5) is 10.1 Å². The van der Waals surface area contributed by atoms with E-state index in [-0.39, 0.29) is 23.1 Å². The summed E-state index contributed by atoms with van der Waals surface area (Å²) in [6.45, 7) is 6.70. The first-order valence-electron chi connectivity index (χ1n) is 12.7. The highest BCUT2D eigenvalue weighted by Gasteiger charge is 2.14. The molecule has 3 aromatic rings. The molecule has 0 bridgehead atoms. The van der Waals surface area contributed by atoms with Crippen molar-refractivity contribution in [3.63, 3.8) is 0 Å². The van der Waals surface area contributed by atoms with Gasteiger partial charge in [0.25, 0.3) is 0 Å². The fourth-order valence-corrected chi connectivity index (χ4v) is 4.53. The zero-order valence-corrected chi connectivity index (χ0v) is 20.9. The summed E-state index contributed by atoms with van der Waals surface area (Å²) in [5, 5.41) is 19.7. The van der Waals surface area contributed by atoms with Gasteiger partial charge >= 0.3 is 0 Å². The summed E-state index contributed by atoms with van der Waals surface area (Å²) in [5.74, 6) is 0.327. The fourth-order valence-electron chi connectivity index (χ4n) is 4.53. The first-order chi connectivity index (χ1) is 17.5. The number of rotatable bonds is 10. The van der Waals surface area contributed by atoms with E-state index in [2.05, 4.69) is 9.80 Å². The SMILES string of the molecule is CCN(Cc1ccc(OCCN2CCCCC2)c(F)c1)c1cc(O)ccc1C=Cc1ccc(O)cc1. The molecule has 1 fully saturated rings. The van der Waals surface area contributed by atoms with E-state index >= 15 is 0 Å². The molecular formula is C30H35FN2O3. The van der Waals surface area contributed by atoms with E-state index in [1.54, 1.807) is 30.3 Å². The molecule has 190 valence electrons. The second-order valence-corrected chi connectivity index (χ2v) is 9.20. The number of ether oxygens (including phenoxy) is 1. The van der Waals surface area contributed by atoms with Crippen molar-refractivity contribution in [2.75, 3.05) is 37.7 Å². The van der Waals surface area contributed by atoms with Crippen LogP contribution in [0.15, 0.2) is 60.7 Å². The van der Waals surface area contributed by atoms with Crippen LogP contribution in [-0.2, 0) is 6.54 Å². The third-order valence-electron chi connectivity index (χ3n) is 6.57. The lowest BCUT2D eigenvalue weighted by Gasteiger charge is -2.26. The Labute approximate surface area is 213 Å². The molecule has 3 aromatic carbocycles. The number of hydrogen-bond acceptors (Lipinski definition) is 5. The molecule has 0 spiro atoms. The van der Waals surface area contributed by atoms with Gasteiger partial charge in [0.05, 0.1) is 0 Å². The maximum atomic E-state index is 14.8. The summed E-state index contributed by atoms with van der Waals surface area (Å²) in [7, 11) is 0. The van der Waals surface area contributed by atoms with Crippen LogP contribution in [0.3, 0.4) is 0 Å². The molecule has 1 heterocycles. The van der Waals surface area contributed by atoms with Gasteiger partial charge in [0, 0.05) is 31.4 Å². The number of aromatic hydroxyl groups is 2. The molecule has 0 atom stereocenters. The van der Waals surface area contributed by atoms with Gasteiger partial charge in [-0.1, -0.05) is 36.8 Å². The third-order valence-corrected chi connectivity index (χ3v) is 6.57. The smallest absolute Gasteiger partial charge is 0.165 e. The summed E-state index contributed by atoms with van der Waals surface area (Å²) < 4.78 is 20.6. The zero-order chi connectivity index (χ0) is 25.3. The van der Waals surface area contributed by atoms with Crippen LogP contribution < -0.4 is 9.64 Å². The van der Waals surface area contributed by atoms with Gasteiger partial charge in [0.2, 0.25) is 0 Å². The number of anilines is 1. The van der Waals surface area contributed by atoms with E-state index in [4.69, 9.17) is 4.74 Å². The lowest BCUT2D eigenvalue weighted by Crippen LogP contribution is -2.33. The maximum Gasteiger partial charge on any atom is 0.165 e. The number of hydrogen-bond donors (Lipinski definition) is 2. The van der Waals surface area contributed by atoms with Crippen molar-refractivity contribution in [2.45, 2.75) is 32.7 Å². The molecule has 4 rings (SSSR count). The number of benzene rings is 3. The predicted octanol–water partition coefficient (Wildman–Crippen LogP) is 6.30. The monoisotopic (exact) mass is 490 g/mol. The average molecular weight is 491 g/mol. The molecule has 0 aromatic heterocycles. The summed E-state index contributed by atoms with van der Waals surface area (Å²) in [5.41, 5.74) is 3.57. The number of nitrogens with zero attached hydrogens (tertiary/aromatic N) is 2. The van der Waals surface area contributed by atoms with E-state index in [1.807, 2.05) is 43.3 Å². The minimum atomic E-state index is -0.356. The van der Waals surface area contributed by atoms with Crippen molar-refractivity contribution >= 4 is 17.8 Å². The van der Waals surface area contributed by atoms with Crippen molar-refractivity contribution in [3.05, 3.63) is 83.2 Å². The molecule has 0 aliphatic carbocycles. The summed E-state index contributed by atoms with van der Waals surface area (Å²) in [6, 6.07) is 17.4. The number of phenols is 2. The fraction of sp³-hybridized carbons (Fsp3) is 0.333. The van der Waals surface area contributed by atoms with Crippen molar-refractivity contribution < 1.29 is 19.3 Å². The highest BCUT2D eigenvalue weighted by Crippen LogP contribution is 2.29. The lowest BCUT2D eigenvalue weighted by molar-refractivity contribution is 0.180. The molecular weight excluding hydrogens is 455 g/mol. The van der Waals surface area contributed by atoms with Crippen molar-refractivity contribution in [1.82, 2.24) is 4.90 Å². The maximum absolute atomic E-state index is 14.8. The minimum Gasteiger partial charge on any atom is -0.508 e. The van der Waals surface area contributed by atoms with E-state index in [9.17, 15) is 14.6 Å². The van der Waals surface area contributed by atoms with E-state index in [1.165, 1.54) is 25.3 Å². The van der Waals surface area contributed by atoms with Crippen LogP contribution in [0.1, 0.15) is 42.9 Å². The Morgan fingerprint density at radius 2 is 1.67 bits per heavy atom. The Hall–Kier alpha value is -3.51. The number of halogens is 1. The Kier molecular flexibility index (Phi) is 8.85. The largest absolute Gasteiger partial charge is 0.508 e. The molecule has 1 aliphatic rings. The van der Waals surface area contributed by atoms with Gasteiger partial charge in [-0.15, -0.1) is 0 Å². The highest BCUT2D eigenvalue weighted by molar-refractivity contribution is 5.78. The number of likely N-dealkylation sites (tertiary alicyclic amines) is 1. The molecule has 1 saturated heterocycles. The molecule has 36 heavy (non-hydrogen) atoms. The van der Waals surface area contributed by atoms with E-state index < -0.39 is 0 Å². The highest BCUT2D eigenvalue weighted by atomic mass is 19.1. The minimum absolute atomic E-state index is 0.175. The predicted molar refractivity (Wildman–Crippen MR) is 144 cm³/mol. The van der Waals surface area contributed by atoms with Gasteiger partial charge in [-0.05, 0) is 85.9 Å². The van der Waals surface area contributed by atoms with Crippen molar-refractivity contribution in [2.24, 2.45) is 0 Å². The molecule has 0 unspecified atom stereocenters. The van der Waals surface area contributed by atoms with Gasteiger partial charge in [-0.2, -0.15) is 0 Å². The lowest BCUT2D eigenvalue weighted by atomic mass is 10.1. The first-order valence-corrected chi connectivity index (χ1v) is 12.7. The normalized spacial score (nSPS) is 14.3. The van der Waals surface area contributed by atoms with E-state index in [0.717, 1.165) is 42.0 Å². The van der Waals surface area contributed by atoms with Crippen molar-refractivity contribution in [1.29, 1.82) is 0 Å². The average Bonchev–Trinajstić information content (AvgIpc) is 2.89. The molecule has 0 radical (unpaired) electrons. The van der Waals surface area contributed by atoms with Gasteiger partial charge < -0.3 is 19.8 Å². The topological polar surface area (TPSA) is 56.2 Å². The second-order valence-electron chi connectivity index (χ2n) is 9.20. The second kappa shape index (κ2) is 12.5. The zero-order valence-electron chi connectivity index (χ0n) is 20.9. The quantitative estimate of drug-likeness (QED) is 0.327. The first kappa shape index (κ1) is 25.6. The molecule has 0 saturated carbocycles. The Morgan fingerprint density at radius 3 is 2.39 bits per heavy atom. The van der Waals surface area contributed by atoms with E-state index in [0.29, 0.717) is 19.7 Å². The molecule has 5 nitrogen and oxygen atoms in total. The van der Waals surface area contributed by atoms with Crippen LogP contribution in [0.5, 0.6) is 17.2 Å². The van der Waals surface area contributed by atoms with Crippen LogP contribution in [0, 0.1) is 5.82 Å². The Balaban J connectivity index is 1.44. The van der Waals surface area contributed by atoms with Gasteiger partial charge in [-0.3, -0.25) is 4.90 Å². The molecule has 2 N–H and O–H groups in total. The summed E-state index contributed by atoms with van der Waals surface area (Å²) in [6.07, 6.45) is 7.68. The van der Waals surface area contributed by atoms with Crippen LogP contribution in [0.2, 0.25) is 0 Å². The third kappa shape index (κ3) is 7.01. The number of piperidine rings is 1. The molecule has 0 amide bonds. The number of phenolic OH excluding ortho intramolecular Hbond substituents is 2. The van der Waals surface area contributed by atoms with Gasteiger partial charge in [0.1, 0.15) is 18.1 Å². The van der Waals surface area contributed by atoms with Crippen LogP contribution in [0.25, 0.3) is 12.2 Å². The van der Waals surface area contributed by atoms with Crippen LogP contribution >= 0.6 is 0 Å². The van der Waals surface area contributed by atoms with Gasteiger partial charge in [-0.25, -0.2) is 4.39 Å². The van der Waals surface area contributed by atoms with Crippen molar-refractivity contribution in [3.8, 4) is 17.2 Å².